The van der Waals surface area contributed by atoms with Gasteiger partial charge in [0.05, 0.1) is 0 Å². The van der Waals surface area contributed by atoms with Gasteiger partial charge >= 0.3 is 6.03 Å². The third-order valence-electron chi connectivity index (χ3n) is 2.69. The lowest BCUT2D eigenvalue weighted by molar-refractivity contribution is -0.145. The fourth-order valence-electron chi connectivity index (χ4n) is 1.85. The first-order valence-corrected chi connectivity index (χ1v) is 6.16. The van der Waals surface area contributed by atoms with E-state index in [1.165, 1.54) is 0 Å². The van der Waals surface area contributed by atoms with Gasteiger partial charge in [-0.1, -0.05) is 0 Å². The number of amides is 4. The number of barbiturate groups is 1. The van der Waals surface area contributed by atoms with E-state index >= 15 is 0 Å². The minimum atomic E-state index is -2.24. The molecule has 0 bridgehead atoms. The molecule has 88 valence electrons. The Bertz CT molecular complexity index is 344. The molecule has 16 heavy (non-hydrogen) atoms. The molecule has 7 heteroatoms. The Morgan fingerprint density at radius 2 is 1.88 bits per heavy atom. The normalized spacial score (nSPS) is 28.2. The number of imide groups is 2. The SMILES string of the molecule is O=C1NC(=O)N(C2CCSCC2)C(=O)C1F. The van der Waals surface area contributed by atoms with Crippen molar-refractivity contribution in [1.82, 2.24) is 10.2 Å². The van der Waals surface area contributed by atoms with Crippen LogP contribution in [0.2, 0.25) is 0 Å². The van der Waals surface area contributed by atoms with Crippen LogP contribution in [0.3, 0.4) is 0 Å². The van der Waals surface area contributed by atoms with E-state index in [0.717, 1.165) is 16.4 Å². The third-order valence-corrected chi connectivity index (χ3v) is 3.74. The summed E-state index contributed by atoms with van der Waals surface area (Å²) in [5.41, 5.74) is 0. The Labute approximate surface area is 95.7 Å². The van der Waals surface area contributed by atoms with Crippen LogP contribution in [-0.4, -0.2) is 46.5 Å². The number of hydrogen-bond acceptors (Lipinski definition) is 4. The number of thioether (sulfide) groups is 1. The number of carbonyl (C=O) groups excluding carboxylic acids is 3. The molecule has 0 aliphatic carbocycles. The van der Waals surface area contributed by atoms with Crippen molar-refractivity contribution in [3.8, 4) is 0 Å². The summed E-state index contributed by atoms with van der Waals surface area (Å²) in [5, 5.41) is 1.85. The van der Waals surface area contributed by atoms with Gasteiger partial charge in [0, 0.05) is 6.04 Å². The highest BCUT2D eigenvalue weighted by Gasteiger charge is 2.44. The first-order valence-electron chi connectivity index (χ1n) is 5.01. The van der Waals surface area contributed by atoms with Crippen LogP contribution in [0.25, 0.3) is 0 Å². The zero-order chi connectivity index (χ0) is 11.7. The highest BCUT2D eigenvalue weighted by molar-refractivity contribution is 7.99. The Balaban J connectivity index is 2.15. The van der Waals surface area contributed by atoms with Gasteiger partial charge in [-0.3, -0.25) is 19.8 Å². The monoisotopic (exact) mass is 246 g/mol. The van der Waals surface area contributed by atoms with Crippen LogP contribution in [0.15, 0.2) is 0 Å². The number of alkyl halides is 1. The van der Waals surface area contributed by atoms with Gasteiger partial charge in [0.2, 0.25) is 0 Å². The van der Waals surface area contributed by atoms with E-state index in [0.29, 0.717) is 12.8 Å². The Hall–Kier alpha value is -1.11. The summed E-state index contributed by atoms with van der Waals surface area (Å²) in [5.74, 6) is -0.499. The van der Waals surface area contributed by atoms with Crippen molar-refractivity contribution in [3.63, 3.8) is 0 Å². The molecular weight excluding hydrogens is 235 g/mol. The molecule has 0 aromatic carbocycles. The second-order valence-electron chi connectivity index (χ2n) is 3.71. The molecule has 0 aromatic heterocycles. The number of urea groups is 1. The van der Waals surface area contributed by atoms with Gasteiger partial charge in [-0.05, 0) is 24.3 Å². The van der Waals surface area contributed by atoms with Gasteiger partial charge in [0.25, 0.3) is 18.0 Å². The summed E-state index contributed by atoms with van der Waals surface area (Å²) in [7, 11) is 0. The smallest absolute Gasteiger partial charge is 0.275 e. The molecule has 1 unspecified atom stereocenters. The van der Waals surface area contributed by atoms with Crippen LogP contribution >= 0.6 is 11.8 Å². The maximum Gasteiger partial charge on any atom is 0.331 e. The van der Waals surface area contributed by atoms with Crippen molar-refractivity contribution in [2.45, 2.75) is 25.1 Å². The fraction of sp³-hybridized carbons (Fsp3) is 0.667. The Morgan fingerprint density at radius 3 is 2.50 bits per heavy atom. The minimum absolute atomic E-state index is 0.278. The van der Waals surface area contributed by atoms with Gasteiger partial charge < -0.3 is 0 Å². The summed E-state index contributed by atoms with van der Waals surface area (Å²) >= 11 is 1.74. The minimum Gasteiger partial charge on any atom is -0.275 e. The molecule has 0 saturated carbocycles. The number of nitrogens with one attached hydrogen (secondary N) is 1. The maximum atomic E-state index is 13.2. The molecule has 5 nitrogen and oxygen atoms in total. The molecule has 0 radical (unpaired) electrons. The maximum absolute atomic E-state index is 13.2. The van der Waals surface area contributed by atoms with E-state index in [-0.39, 0.29) is 6.04 Å². The number of carbonyl (C=O) groups is 3. The molecule has 2 saturated heterocycles. The second-order valence-corrected chi connectivity index (χ2v) is 4.93. The van der Waals surface area contributed by atoms with Crippen molar-refractivity contribution in [2.75, 3.05) is 11.5 Å². The van der Waals surface area contributed by atoms with Crippen molar-refractivity contribution in [3.05, 3.63) is 0 Å². The average molecular weight is 246 g/mol. The van der Waals surface area contributed by atoms with Gasteiger partial charge in [-0.15, -0.1) is 0 Å². The number of halogens is 1. The lowest BCUT2D eigenvalue weighted by Crippen LogP contribution is -2.62. The fourth-order valence-corrected chi connectivity index (χ4v) is 2.93. The Morgan fingerprint density at radius 1 is 1.25 bits per heavy atom. The number of hydrogen-bond donors (Lipinski definition) is 1. The first-order chi connectivity index (χ1) is 7.61. The first kappa shape index (κ1) is 11.4. The molecule has 1 atom stereocenters. The predicted octanol–water partition coefficient (Wildman–Crippen LogP) is 0.299. The molecule has 2 rings (SSSR count). The van der Waals surface area contributed by atoms with Crippen LogP contribution in [0, 0.1) is 0 Å². The van der Waals surface area contributed by atoms with E-state index in [4.69, 9.17) is 0 Å². The topological polar surface area (TPSA) is 66.5 Å². The van der Waals surface area contributed by atoms with Gasteiger partial charge in [0.15, 0.2) is 0 Å². The highest BCUT2D eigenvalue weighted by atomic mass is 32.2. The van der Waals surface area contributed by atoms with Crippen LogP contribution < -0.4 is 5.32 Å². The van der Waals surface area contributed by atoms with E-state index in [1.807, 2.05) is 5.32 Å². The number of nitrogens with zero attached hydrogens (tertiary/aromatic N) is 1. The molecule has 2 aliphatic heterocycles. The van der Waals surface area contributed by atoms with E-state index < -0.39 is 24.0 Å². The van der Waals surface area contributed by atoms with Crippen LogP contribution in [0.1, 0.15) is 12.8 Å². The zero-order valence-electron chi connectivity index (χ0n) is 8.44. The van der Waals surface area contributed by atoms with E-state index in [1.54, 1.807) is 11.8 Å². The quantitative estimate of drug-likeness (QED) is 0.676. The zero-order valence-corrected chi connectivity index (χ0v) is 9.26. The van der Waals surface area contributed by atoms with Crippen LogP contribution in [0.5, 0.6) is 0 Å². The summed E-state index contributed by atoms with van der Waals surface area (Å²) in [6.07, 6.45) is -0.928. The van der Waals surface area contributed by atoms with Crippen molar-refractivity contribution in [2.24, 2.45) is 0 Å². The van der Waals surface area contributed by atoms with Gasteiger partial charge in [-0.2, -0.15) is 11.8 Å². The summed E-state index contributed by atoms with van der Waals surface area (Å²) < 4.78 is 13.2. The Kier molecular flexibility index (Phi) is 3.13. The predicted molar refractivity (Wildman–Crippen MR) is 55.6 cm³/mol. The molecule has 2 aliphatic rings. The molecule has 4 amide bonds. The third kappa shape index (κ3) is 1.91. The highest BCUT2D eigenvalue weighted by Crippen LogP contribution is 2.24. The summed E-state index contributed by atoms with van der Waals surface area (Å²) in [6, 6.07) is -1.07. The van der Waals surface area contributed by atoms with Crippen LogP contribution in [0.4, 0.5) is 9.18 Å². The van der Waals surface area contributed by atoms with Gasteiger partial charge in [0.1, 0.15) is 0 Å². The molecule has 2 fully saturated rings. The average Bonchev–Trinajstić information content (AvgIpc) is 2.28. The van der Waals surface area contributed by atoms with Crippen molar-refractivity contribution in [1.29, 1.82) is 0 Å². The lowest BCUT2D eigenvalue weighted by atomic mass is 10.1. The van der Waals surface area contributed by atoms with Crippen LogP contribution in [-0.2, 0) is 9.59 Å². The van der Waals surface area contributed by atoms with E-state index in [2.05, 4.69) is 0 Å². The number of rotatable bonds is 1. The molecule has 2 heterocycles. The summed E-state index contributed by atoms with van der Waals surface area (Å²) in [4.78, 5) is 34.7. The largest absolute Gasteiger partial charge is 0.331 e. The molecular formula is C9H11FN2O3S. The van der Waals surface area contributed by atoms with Gasteiger partial charge in [-0.25, -0.2) is 9.18 Å². The second kappa shape index (κ2) is 4.40. The molecule has 1 N–H and O–H groups in total. The summed E-state index contributed by atoms with van der Waals surface area (Å²) in [6.45, 7) is 0. The lowest BCUT2D eigenvalue weighted by Gasteiger charge is -2.35. The molecule has 0 aromatic rings. The van der Waals surface area contributed by atoms with E-state index in [9.17, 15) is 18.8 Å². The molecule has 0 spiro atoms. The standard InChI is InChI=1S/C9H11FN2O3S/c10-6-7(13)11-9(15)12(8(6)14)5-1-3-16-4-2-5/h5-6H,1-4H2,(H,11,13,15). The van der Waals surface area contributed by atoms with Crippen molar-refractivity contribution < 1.29 is 18.8 Å². The van der Waals surface area contributed by atoms with Crippen molar-refractivity contribution >= 4 is 29.6 Å².